The van der Waals surface area contributed by atoms with Gasteiger partial charge in [0.05, 0.1) is 29.9 Å². The first-order valence-electron chi connectivity index (χ1n) is 12.6. The Morgan fingerprint density at radius 1 is 1.10 bits per heavy atom. The summed E-state index contributed by atoms with van der Waals surface area (Å²) < 4.78 is 50.3. The van der Waals surface area contributed by atoms with E-state index in [1.807, 2.05) is 6.07 Å². The molecule has 0 N–H and O–H groups in total. The predicted octanol–water partition coefficient (Wildman–Crippen LogP) is 3.22. The van der Waals surface area contributed by atoms with Crippen molar-refractivity contribution in [2.45, 2.75) is 46.0 Å². The van der Waals surface area contributed by atoms with Crippen LogP contribution < -0.4 is 16.9 Å². The molecule has 2 aromatic carbocycles. The van der Waals surface area contributed by atoms with E-state index in [-0.39, 0.29) is 29.1 Å². The molecule has 2 aromatic heterocycles. The molecule has 0 radical (unpaired) electrons. The van der Waals surface area contributed by atoms with E-state index in [0.29, 0.717) is 28.1 Å². The number of hydrogen-bond donors (Lipinski definition) is 0. The fraction of sp³-hybridized carbons (Fsp3) is 0.357. The van der Waals surface area contributed by atoms with E-state index in [1.165, 1.54) is 17.6 Å². The largest absolute Gasteiger partial charge is 0.462 e. The Labute approximate surface area is 225 Å². The normalized spacial score (nSPS) is 13.4. The molecule has 2 heterocycles. The minimum atomic E-state index is -4.71. The van der Waals surface area contributed by atoms with Crippen LogP contribution in [-0.4, -0.2) is 30.8 Å². The molecule has 0 saturated heterocycles. The number of nitrogens with zero attached hydrogens (tertiary/aromatic N) is 4. The van der Waals surface area contributed by atoms with Gasteiger partial charge in [-0.2, -0.15) is 13.2 Å². The first kappa shape index (κ1) is 27.1. The van der Waals surface area contributed by atoms with Crippen molar-refractivity contribution < 1.29 is 22.7 Å². The maximum atomic E-state index is 13.7. The van der Waals surface area contributed by atoms with Crippen LogP contribution in [-0.2, 0) is 31.1 Å². The van der Waals surface area contributed by atoms with Crippen molar-refractivity contribution in [1.82, 2.24) is 18.3 Å². The number of halogens is 3. The molecule has 12 heteroatoms. The second kappa shape index (κ2) is 9.89. The van der Waals surface area contributed by atoms with Gasteiger partial charge in [-0.05, 0) is 68.0 Å². The lowest BCUT2D eigenvalue weighted by molar-refractivity contribution is -0.138. The fourth-order valence-corrected chi connectivity index (χ4v) is 4.73. The lowest BCUT2D eigenvalue weighted by Crippen LogP contribution is -2.42. The molecule has 1 saturated carbocycles. The molecule has 0 atom stereocenters. The first-order chi connectivity index (χ1) is 18.9. The molecule has 0 unspecified atom stereocenters. The summed E-state index contributed by atoms with van der Waals surface area (Å²) in [6.45, 7) is 2.69. The molecule has 1 fully saturated rings. The number of esters is 1. The van der Waals surface area contributed by atoms with Crippen LogP contribution in [0, 0.1) is 25.0 Å². The van der Waals surface area contributed by atoms with Crippen LogP contribution in [0.4, 0.5) is 13.2 Å². The minimum Gasteiger partial charge on any atom is -0.462 e. The zero-order chi connectivity index (χ0) is 28.9. The van der Waals surface area contributed by atoms with Gasteiger partial charge >= 0.3 is 23.5 Å². The lowest BCUT2D eigenvalue weighted by Gasteiger charge is -2.15. The Morgan fingerprint density at radius 3 is 2.48 bits per heavy atom. The van der Waals surface area contributed by atoms with Crippen LogP contribution >= 0.6 is 0 Å². The van der Waals surface area contributed by atoms with Crippen LogP contribution in [0.15, 0.2) is 44.8 Å². The van der Waals surface area contributed by atoms with Crippen molar-refractivity contribution in [3.63, 3.8) is 0 Å². The van der Waals surface area contributed by atoms with E-state index >= 15 is 0 Å². The van der Waals surface area contributed by atoms with Gasteiger partial charge in [0.25, 0.3) is 5.56 Å². The third kappa shape index (κ3) is 4.72. The number of carbonyl (C=O) groups excluding carboxylic acids is 1. The average Bonchev–Trinajstić information content (AvgIpc) is 3.69. The van der Waals surface area contributed by atoms with Gasteiger partial charge in [0.2, 0.25) is 0 Å². The highest BCUT2D eigenvalue weighted by Gasteiger charge is 2.34. The number of aryl methyl sites for hydroxylation is 1. The number of benzene rings is 1. The Hall–Kier alpha value is -4.53. The summed E-state index contributed by atoms with van der Waals surface area (Å²) in [5, 5.41) is 0. The highest BCUT2D eigenvalue weighted by molar-refractivity contribution is 5.88. The molecule has 0 spiro atoms. The molecule has 1 aliphatic carbocycles. The SMILES string of the molecule is CCOC(=O)c1cn(-c2ccc3c(c2)n(CC2CC2)c(=O)n3C)c(=O)n(Cc2cc#cc(C(F)(F)F)c2C)c1=O. The van der Waals surface area contributed by atoms with Gasteiger partial charge in [0.1, 0.15) is 11.1 Å². The monoisotopic (exact) mass is 554 g/mol. The zero-order valence-electron chi connectivity index (χ0n) is 22.0. The van der Waals surface area contributed by atoms with Gasteiger partial charge in [-0.25, -0.2) is 14.4 Å². The second-order valence-electron chi connectivity index (χ2n) is 9.81. The van der Waals surface area contributed by atoms with E-state index in [0.717, 1.165) is 23.6 Å². The second-order valence-corrected chi connectivity index (χ2v) is 9.81. The van der Waals surface area contributed by atoms with Crippen LogP contribution in [0.1, 0.15) is 46.8 Å². The number of fused-ring (bicyclic) bond motifs is 1. The summed E-state index contributed by atoms with van der Waals surface area (Å²) in [4.78, 5) is 52.5. The van der Waals surface area contributed by atoms with Crippen LogP contribution in [0.5, 0.6) is 0 Å². The fourth-order valence-electron chi connectivity index (χ4n) is 4.73. The number of ether oxygens (including phenoxy) is 1. The summed E-state index contributed by atoms with van der Waals surface area (Å²) in [5.41, 5.74) is -2.39. The molecular weight excluding hydrogens is 529 g/mol. The molecule has 0 aliphatic heterocycles. The number of alkyl halides is 3. The number of hydrogen-bond acceptors (Lipinski definition) is 5. The molecular formula is C28H25F3N4O5. The zero-order valence-corrected chi connectivity index (χ0v) is 22.0. The third-order valence-electron chi connectivity index (χ3n) is 7.12. The van der Waals surface area contributed by atoms with E-state index in [4.69, 9.17) is 4.74 Å². The molecule has 4 aromatic rings. The predicted molar refractivity (Wildman–Crippen MR) is 139 cm³/mol. The quantitative estimate of drug-likeness (QED) is 0.327. The Morgan fingerprint density at radius 2 is 1.82 bits per heavy atom. The van der Waals surface area contributed by atoms with Crippen LogP contribution in [0.2, 0.25) is 0 Å². The van der Waals surface area contributed by atoms with Crippen molar-refractivity contribution in [1.29, 1.82) is 0 Å². The van der Waals surface area contributed by atoms with E-state index in [9.17, 15) is 32.3 Å². The number of rotatable bonds is 7. The molecule has 5 rings (SSSR count). The molecule has 1 aliphatic rings. The van der Waals surface area contributed by atoms with Crippen molar-refractivity contribution in [2.75, 3.05) is 6.61 Å². The van der Waals surface area contributed by atoms with Crippen molar-refractivity contribution in [3.8, 4) is 5.69 Å². The van der Waals surface area contributed by atoms with Crippen molar-refractivity contribution in [2.24, 2.45) is 13.0 Å². The summed E-state index contributed by atoms with van der Waals surface area (Å²) in [6, 6.07) is 10.4. The van der Waals surface area contributed by atoms with Crippen molar-refractivity contribution >= 4 is 17.0 Å². The number of aromatic nitrogens is 4. The summed E-state index contributed by atoms with van der Waals surface area (Å²) in [6.07, 6.45) is -1.62. The molecule has 208 valence electrons. The highest BCUT2D eigenvalue weighted by Crippen LogP contribution is 2.32. The maximum absolute atomic E-state index is 13.7. The molecule has 0 amide bonds. The maximum Gasteiger partial charge on any atom is 0.424 e. The highest BCUT2D eigenvalue weighted by atomic mass is 19.4. The van der Waals surface area contributed by atoms with Gasteiger partial charge in [0.15, 0.2) is 0 Å². The average molecular weight is 555 g/mol. The van der Waals surface area contributed by atoms with E-state index < -0.39 is 41.1 Å². The van der Waals surface area contributed by atoms with Gasteiger partial charge in [-0.15, -0.1) is 0 Å². The number of imidazole rings is 1. The van der Waals surface area contributed by atoms with Crippen LogP contribution in [0.25, 0.3) is 16.7 Å². The lowest BCUT2D eigenvalue weighted by atomic mass is 10.0. The Kier molecular flexibility index (Phi) is 6.69. The van der Waals surface area contributed by atoms with E-state index in [1.54, 1.807) is 36.7 Å². The summed E-state index contributed by atoms with van der Waals surface area (Å²) in [7, 11) is 1.64. The van der Waals surface area contributed by atoms with Gasteiger partial charge < -0.3 is 4.74 Å². The number of carbonyl (C=O) groups is 1. The van der Waals surface area contributed by atoms with Gasteiger partial charge in [-0.1, -0.05) is 12.1 Å². The van der Waals surface area contributed by atoms with Crippen LogP contribution in [0.3, 0.4) is 0 Å². The first-order valence-corrected chi connectivity index (χ1v) is 12.6. The minimum absolute atomic E-state index is 0.00890. The molecule has 9 nitrogen and oxygen atoms in total. The standard InChI is InChI=1S/C28H25F3N4O5/c1-4-40-25(37)20-15-33(19-10-11-22-23(12-19)34(13-17-8-9-17)26(38)32(22)3)27(39)35(24(20)36)14-18-6-5-7-21(16(18)2)28(29,30)31/h6,10-12,15,17H,4,8-9,13-14H2,1-3H3. The summed E-state index contributed by atoms with van der Waals surface area (Å²) in [5.74, 6) is -0.598. The summed E-state index contributed by atoms with van der Waals surface area (Å²) >= 11 is 0. The third-order valence-corrected chi connectivity index (χ3v) is 7.12. The van der Waals surface area contributed by atoms with Gasteiger partial charge in [0, 0.05) is 19.8 Å². The van der Waals surface area contributed by atoms with Gasteiger partial charge in [-0.3, -0.25) is 23.1 Å². The van der Waals surface area contributed by atoms with Crippen molar-refractivity contribution in [3.05, 3.63) is 96.2 Å². The smallest absolute Gasteiger partial charge is 0.424 e. The Balaban J connectivity index is 1.71. The topological polar surface area (TPSA) is 97.2 Å². The molecule has 0 bridgehead atoms. The molecule has 40 heavy (non-hydrogen) atoms. The Bertz CT molecular complexity index is 1820. The van der Waals surface area contributed by atoms with E-state index in [2.05, 4.69) is 6.07 Å².